The molecular formula is C12H20N2O. The van der Waals surface area contributed by atoms with Crippen molar-refractivity contribution in [3.63, 3.8) is 0 Å². The van der Waals surface area contributed by atoms with Crippen LogP contribution in [0.1, 0.15) is 38.4 Å². The quantitative estimate of drug-likeness (QED) is 0.808. The van der Waals surface area contributed by atoms with Gasteiger partial charge in [-0.1, -0.05) is 20.3 Å². The Morgan fingerprint density at radius 3 is 2.87 bits per heavy atom. The lowest BCUT2D eigenvalue weighted by atomic mass is 9.94. The van der Waals surface area contributed by atoms with Gasteiger partial charge in [-0.3, -0.25) is 4.98 Å². The monoisotopic (exact) mass is 208 g/mol. The zero-order valence-corrected chi connectivity index (χ0v) is 9.73. The van der Waals surface area contributed by atoms with Gasteiger partial charge in [0.2, 0.25) is 0 Å². The van der Waals surface area contributed by atoms with E-state index in [2.05, 4.69) is 18.8 Å². The number of methoxy groups -OCH3 is 1. The van der Waals surface area contributed by atoms with Crippen molar-refractivity contribution < 1.29 is 4.74 Å². The first-order chi connectivity index (χ1) is 7.20. The molecule has 15 heavy (non-hydrogen) atoms. The molecule has 1 aromatic heterocycles. The van der Waals surface area contributed by atoms with Crippen LogP contribution in [0.25, 0.3) is 0 Å². The molecule has 2 N–H and O–H groups in total. The average Bonchev–Trinajstić information content (AvgIpc) is 2.28. The molecule has 0 aromatic carbocycles. The Morgan fingerprint density at radius 1 is 1.53 bits per heavy atom. The van der Waals surface area contributed by atoms with Crippen LogP contribution in [0.4, 0.5) is 0 Å². The summed E-state index contributed by atoms with van der Waals surface area (Å²) < 4.78 is 5.25. The van der Waals surface area contributed by atoms with E-state index in [1.807, 2.05) is 12.1 Å². The van der Waals surface area contributed by atoms with E-state index < -0.39 is 0 Å². The molecule has 1 heterocycles. The third-order valence-electron chi connectivity index (χ3n) is 2.69. The maximum absolute atomic E-state index is 6.16. The lowest BCUT2D eigenvalue weighted by Crippen LogP contribution is -2.21. The summed E-state index contributed by atoms with van der Waals surface area (Å²) in [6.07, 6.45) is 4.02. The van der Waals surface area contributed by atoms with E-state index in [0.29, 0.717) is 5.92 Å². The van der Waals surface area contributed by atoms with Crippen LogP contribution < -0.4 is 10.5 Å². The summed E-state index contributed by atoms with van der Waals surface area (Å²) in [7, 11) is 1.65. The fraction of sp³-hybridized carbons (Fsp3) is 0.583. The minimum Gasteiger partial charge on any atom is -0.495 e. The Hall–Kier alpha value is -1.09. The third-order valence-corrected chi connectivity index (χ3v) is 2.69. The fourth-order valence-corrected chi connectivity index (χ4v) is 1.73. The maximum Gasteiger partial charge on any atom is 0.141 e. The lowest BCUT2D eigenvalue weighted by molar-refractivity contribution is 0.376. The van der Waals surface area contributed by atoms with Gasteiger partial charge in [0.15, 0.2) is 0 Å². The molecule has 84 valence electrons. The van der Waals surface area contributed by atoms with Gasteiger partial charge in [-0.25, -0.2) is 0 Å². The fourth-order valence-electron chi connectivity index (χ4n) is 1.73. The first-order valence-electron chi connectivity index (χ1n) is 5.45. The van der Waals surface area contributed by atoms with E-state index >= 15 is 0 Å². The predicted molar refractivity (Wildman–Crippen MR) is 61.8 cm³/mol. The van der Waals surface area contributed by atoms with E-state index in [4.69, 9.17) is 10.5 Å². The number of rotatable bonds is 5. The second-order valence-corrected chi connectivity index (χ2v) is 3.88. The molecular weight excluding hydrogens is 188 g/mol. The zero-order valence-electron chi connectivity index (χ0n) is 9.73. The molecule has 2 atom stereocenters. The summed E-state index contributed by atoms with van der Waals surface area (Å²) in [6, 6.07) is 3.72. The molecule has 1 rings (SSSR count). The zero-order chi connectivity index (χ0) is 11.3. The summed E-state index contributed by atoms with van der Waals surface area (Å²) >= 11 is 0. The van der Waals surface area contributed by atoms with Crippen LogP contribution in [0.5, 0.6) is 5.75 Å². The molecule has 0 saturated heterocycles. The first-order valence-corrected chi connectivity index (χ1v) is 5.45. The molecule has 0 saturated carbocycles. The van der Waals surface area contributed by atoms with Crippen LogP contribution in [0, 0.1) is 5.92 Å². The summed E-state index contributed by atoms with van der Waals surface area (Å²) in [5.41, 5.74) is 7.02. The largest absolute Gasteiger partial charge is 0.495 e. The highest BCUT2D eigenvalue weighted by atomic mass is 16.5. The summed E-state index contributed by atoms with van der Waals surface area (Å²) in [5.74, 6) is 1.21. The number of pyridine rings is 1. The van der Waals surface area contributed by atoms with Crippen molar-refractivity contribution in [2.45, 2.75) is 32.7 Å². The molecule has 0 fully saturated rings. The van der Waals surface area contributed by atoms with Crippen molar-refractivity contribution in [2.75, 3.05) is 7.11 Å². The number of hydrogen-bond donors (Lipinski definition) is 1. The van der Waals surface area contributed by atoms with Crippen molar-refractivity contribution >= 4 is 0 Å². The molecule has 0 spiro atoms. The third kappa shape index (κ3) is 2.93. The molecule has 0 amide bonds. The molecule has 0 radical (unpaired) electrons. The first kappa shape index (κ1) is 12.0. The lowest BCUT2D eigenvalue weighted by Gasteiger charge is -2.20. The summed E-state index contributed by atoms with van der Waals surface area (Å²) in [5, 5.41) is 0. The highest BCUT2D eigenvalue weighted by Crippen LogP contribution is 2.27. The van der Waals surface area contributed by atoms with Crippen molar-refractivity contribution in [1.82, 2.24) is 4.98 Å². The number of nitrogens with zero attached hydrogens (tertiary/aromatic N) is 1. The Labute approximate surface area is 91.7 Å². The van der Waals surface area contributed by atoms with Crippen LogP contribution in [0.3, 0.4) is 0 Å². The van der Waals surface area contributed by atoms with Gasteiger partial charge in [-0.2, -0.15) is 0 Å². The second-order valence-electron chi connectivity index (χ2n) is 3.88. The normalized spacial score (nSPS) is 14.7. The Bertz CT molecular complexity index is 301. The molecule has 0 aliphatic rings. The van der Waals surface area contributed by atoms with Gasteiger partial charge in [0, 0.05) is 6.20 Å². The Morgan fingerprint density at radius 2 is 2.27 bits per heavy atom. The Kier molecular flexibility index (Phi) is 4.56. The smallest absolute Gasteiger partial charge is 0.141 e. The topological polar surface area (TPSA) is 48.1 Å². The predicted octanol–water partition coefficient (Wildman–Crippen LogP) is 2.53. The molecule has 0 aliphatic carbocycles. The summed E-state index contributed by atoms with van der Waals surface area (Å²) in [6.45, 7) is 4.32. The number of ether oxygens (including phenoxy) is 1. The number of nitrogens with two attached hydrogens (primary N) is 1. The summed E-state index contributed by atoms with van der Waals surface area (Å²) in [4.78, 5) is 4.30. The molecule has 0 bridgehead atoms. The van der Waals surface area contributed by atoms with Gasteiger partial charge in [-0.05, 0) is 24.5 Å². The maximum atomic E-state index is 6.16. The molecule has 3 heteroatoms. The van der Waals surface area contributed by atoms with E-state index in [0.717, 1.165) is 24.3 Å². The van der Waals surface area contributed by atoms with Crippen LogP contribution in [-0.2, 0) is 0 Å². The van der Waals surface area contributed by atoms with Gasteiger partial charge in [0.05, 0.1) is 18.8 Å². The van der Waals surface area contributed by atoms with E-state index in [1.165, 1.54) is 0 Å². The van der Waals surface area contributed by atoms with Crippen molar-refractivity contribution in [3.8, 4) is 5.75 Å². The average molecular weight is 208 g/mol. The van der Waals surface area contributed by atoms with Crippen LogP contribution in [-0.4, -0.2) is 12.1 Å². The van der Waals surface area contributed by atoms with Gasteiger partial charge in [0.25, 0.3) is 0 Å². The van der Waals surface area contributed by atoms with Gasteiger partial charge in [0.1, 0.15) is 5.75 Å². The highest BCUT2D eigenvalue weighted by Gasteiger charge is 2.18. The van der Waals surface area contributed by atoms with Crippen LogP contribution in [0.15, 0.2) is 18.3 Å². The van der Waals surface area contributed by atoms with E-state index in [9.17, 15) is 0 Å². The van der Waals surface area contributed by atoms with E-state index in [1.54, 1.807) is 13.3 Å². The van der Waals surface area contributed by atoms with E-state index in [-0.39, 0.29) is 6.04 Å². The Balaban J connectivity index is 2.84. The van der Waals surface area contributed by atoms with Gasteiger partial charge in [-0.15, -0.1) is 0 Å². The number of aromatic nitrogens is 1. The molecule has 2 unspecified atom stereocenters. The van der Waals surface area contributed by atoms with Crippen molar-refractivity contribution in [1.29, 1.82) is 0 Å². The molecule has 1 aromatic rings. The SMILES string of the molecule is CCCC(C)C(N)c1ncccc1OC. The van der Waals surface area contributed by atoms with Crippen LogP contribution >= 0.6 is 0 Å². The van der Waals surface area contributed by atoms with Crippen molar-refractivity contribution in [3.05, 3.63) is 24.0 Å². The second kappa shape index (κ2) is 5.71. The minimum absolute atomic E-state index is 0.0406. The molecule has 0 aliphatic heterocycles. The highest BCUT2D eigenvalue weighted by molar-refractivity contribution is 5.29. The molecule has 3 nitrogen and oxygen atoms in total. The van der Waals surface area contributed by atoms with Gasteiger partial charge < -0.3 is 10.5 Å². The standard InChI is InChI=1S/C12H20N2O/c1-4-6-9(2)11(13)12-10(15-3)7-5-8-14-12/h5,7-9,11H,4,6,13H2,1-3H3. The van der Waals surface area contributed by atoms with Crippen molar-refractivity contribution in [2.24, 2.45) is 11.7 Å². The number of hydrogen-bond acceptors (Lipinski definition) is 3. The van der Waals surface area contributed by atoms with Crippen LogP contribution in [0.2, 0.25) is 0 Å². The van der Waals surface area contributed by atoms with Gasteiger partial charge >= 0.3 is 0 Å². The minimum atomic E-state index is -0.0406.